The van der Waals surface area contributed by atoms with Crippen molar-refractivity contribution in [2.75, 3.05) is 26.2 Å². The molecule has 0 spiro atoms. The van der Waals surface area contributed by atoms with Crippen molar-refractivity contribution in [1.82, 2.24) is 15.1 Å². The molecule has 4 heteroatoms. The third-order valence-electron chi connectivity index (χ3n) is 3.88. The van der Waals surface area contributed by atoms with Crippen LogP contribution in [0, 0.1) is 5.92 Å². The van der Waals surface area contributed by atoms with Crippen molar-refractivity contribution in [3.63, 3.8) is 0 Å². The Bertz CT molecular complexity index is 274. The van der Waals surface area contributed by atoms with Crippen molar-refractivity contribution in [1.29, 1.82) is 0 Å². The molecule has 0 aliphatic carbocycles. The number of amides is 1. The highest BCUT2D eigenvalue weighted by Gasteiger charge is 2.36. The van der Waals surface area contributed by atoms with Gasteiger partial charge in [-0.25, -0.2) is 0 Å². The molecule has 2 rings (SSSR count). The van der Waals surface area contributed by atoms with Crippen molar-refractivity contribution in [2.45, 2.75) is 45.8 Å². The number of carbonyl (C=O) groups is 1. The van der Waals surface area contributed by atoms with Crippen LogP contribution in [0.1, 0.15) is 33.6 Å². The van der Waals surface area contributed by atoms with E-state index in [1.54, 1.807) is 0 Å². The average molecular weight is 239 g/mol. The minimum Gasteiger partial charge on any atom is -0.322 e. The van der Waals surface area contributed by atoms with Gasteiger partial charge in [-0.1, -0.05) is 13.8 Å². The second-order valence-corrected chi connectivity index (χ2v) is 5.73. The lowest BCUT2D eigenvalue weighted by Crippen LogP contribution is -2.50. The molecule has 0 aromatic carbocycles. The summed E-state index contributed by atoms with van der Waals surface area (Å²) in [6.45, 7) is 10.5. The van der Waals surface area contributed by atoms with Crippen LogP contribution < -0.4 is 5.32 Å². The number of nitrogens with zero attached hydrogens (tertiary/aromatic N) is 2. The maximum atomic E-state index is 11.9. The van der Waals surface area contributed by atoms with Crippen LogP contribution in [0.3, 0.4) is 0 Å². The van der Waals surface area contributed by atoms with E-state index in [0.29, 0.717) is 18.5 Å². The Kier molecular flexibility index (Phi) is 4.05. The number of nitrogens with one attached hydrogen (secondary N) is 1. The first-order chi connectivity index (χ1) is 8.09. The zero-order valence-corrected chi connectivity index (χ0v) is 11.3. The molecule has 2 saturated heterocycles. The topological polar surface area (TPSA) is 35.6 Å². The predicted octanol–water partition coefficient (Wildman–Crippen LogP) is 0.885. The Morgan fingerprint density at radius 2 is 1.94 bits per heavy atom. The van der Waals surface area contributed by atoms with Gasteiger partial charge in [-0.05, 0) is 38.8 Å². The zero-order valence-electron chi connectivity index (χ0n) is 11.3. The fourth-order valence-electron chi connectivity index (χ4n) is 3.04. The van der Waals surface area contributed by atoms with E-state index in [0.717, 1.165) is 6.54 Å². The largest absolute Gasteiger partial charge is 0.322 e. The number of hydrogen-bond donors (Lipinski definition) is 1. The minimum absolute atomic E-state index is 0.222. The molecule has 2 unspecified atom stereocenters. The fourth-order valence-corrected chi connectivity index (χ4v) is 3.04. The van der Waals surface area contributed by atoms with Gasteiger partial charge in [0.05, 0.1) is 12.7 Å². The highest BCUT2D eigenvalue weighted by atomic mass is 16.2. The van der Waals surface area contributed by atoms with Gasteiger partial charge in [0.15, 0.2) is 0 Å². The Morgan fingerprint density at radius 1 is 1.29 bits per heavy atom. The number of likely N-dealkylation sites (tertiary alicyclic amines) is 1. The summed E-state index contributed by atoms with van der Waals surface area (Å²) in [6, 6.07) is 0.322. The number of hydrogen-bond acceptors (Lipinski definition) is 3. The predicted molar refractivity (Wildman–Crippen MR) is 68.6 cm³/mol. The average Bonchev–Trinajstić information content (AvgIpc) is 2.86. The quantitative estimate of drug-likeness (QED) is 0.791. The van der Waals surface area contributed by atoms with Crippen LogP contribution in [-0.2, 0) is 4.79 Å². The van der Waals surface area contributed by atoms with Gasteiger partial charge in [-0.15, -0.1) is 0 Å². The summed E-state index contributed by atoms with van der Waals surface area (Å²) in [5.41, 5.74) is 0. The molecular formula is C13H25N3O. The Morgan fingerprint density at radius 3 is 2.53 bits per heavy atom. The first-order valence-electron chi connectivity index (χ1n) is 6.86. The summed E-state index contributed by atoms with van der Waals surface area (Å²) in [7, 11) is 0. The minimum atomic E-state index is 0.222. The second kappa shape index (κ2) is 5.36. The first-order valence-corrected chi connectivity index (χ1v) is 6.86. The van der Waals surface area contributed by atoms with Gasteiger partial charge >= 0.3 is 0 Å². The van der Waals surface area contributed by atoms with E-state index < -0.39 is 0 Å². The van der Waals surface area contributed by atoms with E-state index in [1.807, 2.05) is 0 Å². The molecule has 0 aromatic rings. The third-order valence-corrected chi connectivity index (χ3v) is 3.88. The van der Waals surface area contributed by atoms with E-state index in [4.69, 9.17) is 0 Å². The van der Waals surface area contributed by atoms with Gasteiger partial charge in [0, 0.05) is 12.6 Å². The maximum Gasteiger partial charge on any atom is 0.238 e. The molecule has 0 saturated carbocycles. The van der Waals surface area contributed by atoms with Gasteiger partial charge in [-0.3, -0.25) is 10.1 Å². The van der Waals surface area contributed by atoms with Crippen LogP contribution in [0.15, 0.2) is 0 Å². The molecule has 4 nitrogen and oxygen atoms in total. The van der Waals surface area contributed by atoms with Crippen LogP contribution >= 0.6 is 0 Å². The van der Waals surface area contributed by atoms with E-state index in [2.05, 4.69) is 35.9 Å². The first kappa shape index (κ1) is 12.8. The van der Waals surface area contributed by atoms with E-state index in [-0.39, 0.29) is 12.1 Å². The Balaban J connectivity index is 1.95. The Hall–Kier alpha value is -0.610. The molecule has 2 atom stereocenters. The summed E-state index contributed by atoms with van der Waals surface area (Å²) in [5, 5.41) is 3.32. The standard InChI is InChI=1S/C13H25N3O/c1-10(2)13-14-8-12(17)16(13)11(3)9-15-6-4-5-7-15/h10-11,13-14H,4-9H2,1-3H3. The SMILES string of the molecule is CC(C)C1NCC(=O)N1C(C)CN1CCCC1. The van der Waals surface area contributed by atoms with Crippen molar-refractivity contribution in [2.24, 2.45) is 5.92 Å². The molecule has 2 aliphatic heterocycles. The van der Waals surface area contributed by atoms with Crippen molar-refractivity contribution >= 4 is 5.91 Å². The fraction of sp³-hybridized carbons (Fsp3) is 0.923. The summed E-state index contributed by atoms with van der Waals surface area (Å²) in [5.74, 6) is 0.734. The summed E-state index contributed by atoms with van der Waals surface area (Å²) in [6.07, 6.45) is 2.85. The molecule has 1 N–H and O–H groups in total. The van der Waals surface area contributed by atoms with Crippen LogP contribution in [0.4, 0.5) is 0 Å². The molecule has 17 heavy (non-hydrogen) atoms. The van der Waals surface area contributed by atoms with Crippen LogP contribution in [0.5, 0.6) is 0 Å². The lowest BCUT2D eigenvalue weighted by molar-refractivity contribution is -0.130. The van der Waals surface area contributed by atoms with E-state index >= 15 is 0 Å². The van der Waals surface area contributed by atoms with Gasteiger partial charge in [0.2, 0.25) is 5.91 Å². The number of rotatable bonds is 4. The summed E-state index contributed by atoms with van der Waals surface area (Å²) >= 11 is 0. The van der Waals surface area contributed by atoms with Crippen LogP contribution in [0.2, 0.25) is 0 Å². The molecule has 98 valence electrons. The molecular weight excluding hydrogens is 214 g/mol. The monoisotopic (exact) mass is 239 g/mol. The summed E-state index contributed by atoms with van der Waals surface area (Å²) < 4.78 is 0. The Labute approximate surface area is 104 Å². The van der Waals surface area contributed by atoms with Gasteiger partial charge in [0.25, 0.3) is 0 Å². The zero-order chi connectivity index (χ0) is 12.4. The molecule has 0 bridgehead atoms. The van der Waals surface area contributed by atoms with Crippen LogP contribution in [-0.4, -0.2) is 54.1 Å². The summed E-state index contributed by atoms with van der Waals surface area (Å²) in [4.78, 5) is 16.5. The number of carbonyl (C=O) groups excluding carboxylic acids is 1. The normalized spacial score (nSPS) is 28.4. The van der Waals surface area contributed by atoms with Crippen molar-refractivity contribution in [3.05, 3.63) is 0 Å². The van der Waals surface area contributed by atoms with Gasteiger partial charge in [0.1, 0.15) is 0 Å². The molecule has 0 aromatic heterocycles. The smallest absolute Gasteiger partial charge is 0.238 e. The lowest BCUT2D eigenvalue weighted by Gasteiger charge is -2.34. The van der Waals surface area contributed by atoms with Gasteiger partial charge in [-0.2, -0.15) is 0 Å². The van der Waals surface area contributed by atoms with Crippen molar-refractivity contribution < 1.29 is 4.79 Å². The molecule has 0 radical (unpaired) electrons. The molecule has 2 aliphatic rings. The van der Waals surface area contributed by atoms with E-state index in [9.17, 15) is 4.79 Å². The lowest BCUT2D eigenvalue weighted by atomic mass is 10.1. The van der Waals surface area contributed by atoms with Crippen molar-refractivity contribution in [3.8, 4) is 0 Å². The highest BCUT2D eigenvalue weighted by molar-refractivity contribution is 5.81. The van der Waals surface area contributed by atoms with Crippen LogP contribution in [0.25, 0.3) is 0 Å². The second-order valence-electron chi connectivity index (χ2n) is 5.73. The molecule has 1 amide bonds. The highest BCUT2D eigenvalue weighted by Crippen LogP contribution is 2.19. The van der Waals surface area contributed by atoms with E-state index in [1.165, 1.54) is 25.9 Å². The van der Waals surface area contributed by atoms with Gasteiger partial charge < -0.3 is 9.80 Å². The molecule has 2 heterocycles. The maximum absolute atomic E-state index is 11.9. The third kappa shape index (κ3) is 2.80. The molecule has 2 fully saturated rings.